The van der Waals surface area contributed by atoms with E-state index in [0.717, 1.165) is 11.8 Å². The van der Waals surface area contributed by atoms with Gasteiger partial charge in [0.2, 0.25) is 0 Å². The Hall–Kier alpha value is -0.120. The number of hydrogen-bond donors (Lipinski definition) is 2. The van der Waals surface area contributed by atoms with E-state index >= 15 is 0 Å². The molecule has 0 aromatic rings. The van der Waals surface area contributed by atoms with Crippen molar-refractivity contribution in [1.29, 1.82) is 0 Å². The van der Waals surface area contributed by atoms with Gasteiger partial charge in [-0.15, -0.1) is 0 Å². The predicted octanol–water partition coefficient (Wildman–Crippen LogP) is 1.19. The van der Waals surface area contributed by atoms with Gasteiger partial charge in [0.05, 0.1) is 0 Å². The molecule has 2 fully saturated rings. The van der Waals surface area contributed by atoms with Crippen LogP contribution in [0.3, 0.4) is 0 Å². The van der Waals surface area contributed by atoms with Gasteiger partial charge in [-0.05, 0) is 63.7 Å². The number of rotatable bonds is 0. The zero-order valence-electron chi connectivity index (χ0n) is 10.3. The summed E-state index contributed by atoms with van der Waals surface area (Å²) < 4.78 is 0. The van der Waals surface area contributed by atoms with Crippen LogP contribution in [0.1, 0.15) is 39.5 Å². The highest BCUT2D eigenvalue weighted by Gasteiger charge is 2.05. The standard InChI is InChI=1S/2C6H13N.H2O/c2*1-6-2-4-7-5-3-6;/h2*6-7H,2-5H2,1H3;1H2. The molecule has 0 spiro atoms. The van der Waals surface area contributed by atoms with E-state index in [1.54, 1.807) is 0 Å². The Morgan fingerprint density at radius 1 is 0.667 bits per heavy atom. The van der Waals surface area contributed by atoms with Crippen molar-refractivity contribution >= 4 is 0 Å². The van der Waals surface area contributed by atoms with Crippen LogP contribution in [0.5, 0.6) is 0 Å². The van der Waals surface area contributed by atoms with Gasteiger partial charge in [0.1, 0.15) is 0 Å². The quantitative estimate of drug-likeness (QED) is 0.639. The van der Waals surface area contributed by atoms with E-state index < -0.39 is 0 Å². The summed E-state index contributed by atoms with van der Waals surface area (Å²) in [5.41, 5.74) is 0. The molecule has 0 bridgehead atoms. The first kappa shape index (κ1) is 14.9. The molecule has 0 saturated carbocycles. The summed E-state index contributed by atoms with van der Waals surface area (Å²) in [7, 11) is 0. The Morgan fingerprint density at radius 3 is 1.07 bits per heavy atom. The zero-order valence-corrected chi connectivity index (χ0v) is 10.3. The summed E-state index contributed by atoms with van der Waals surface area (Å²) in [6, 6.07) is 0. The molecule has 0 radical (unpaired) electrons. The van der Waals surface area contributed by atoms with Crippen molar-refractivity contribution in [3.05, 3.63) is 0 Å². The molecule has 2 aliphatic heterocycles. The average Bonchev–Trinajstić information content (AvgIpc) is 2.21. The fourth-order valence-corrected chi connectivity index (χ4v) is 1.93. The third-order valence-electron chi connectivity index (χ3n) is 3.26. The summed E-state index contributed by atoms with van der Waals surface area (Å²) in [5, 5.41) is 6.63. The minimum absolute atomic E-state index is 0. The molecule has 2 rings (SSSR count). The molecule has 0 atom stereocenters. The Balaban J connectivity index is 0.000000245. The number of hydrogen-bond acceptors (Lipinski definition) is 2. The third kappa shape index (κ3) is 7.77. The lowest BCUT2D eigenvalue weighted by Gasteiger charge is -2.17. The van der Waals surface area contributed by atoms with Gasteiger partial charge in [-0.1, -0.05) is 13.8 Å². The predicted molar refractivity (Wildman–Crippen MR) is 66.1 cm³/mol. The molecule has 2 heterocycles. The van der Waals surface area contributed by atoms with Crippen molar-refractivity contribution in [3.63, 3.8) is 0 Å². The number of piperidine rings is 2. The molecule has 0 aliphatic carbocycles. The van der Waals surface area contributed by atoms with Gasteiger partial charge < -0.3 is 16.1 Å². The Bertz CT molecular complexity index is 114. The fraction of sp³-hybridized carbons (Fsp3) is 1.00. The largest absolute Gasteiger partial charge is 0.412 e. The van der Waals surface area contributed by atoms with Crippen molar-refractivity contribution < 1.29 is 5.48 Å². The SMILES string of the molecule is CC1CCNCC1.CC1CCNCC1.O. The van der Waals surface area contributed by atoms with Gasteiger partial charge >= 0.3 is 0 Å². The molecule has 3 nitrogen and oxygen atoms in total. The van der Waals surface area contributed by atoms with E-state index in [9.17, 15) is 0 Å². The van der Waals surface area contributed by atoms with Crippen LogP contribution in [-0.2, 0) is 0 Å². The highest BCUT2D eigenvalue weighted by atomic mass is 16.0. The van der Waals surface area contributed by atoms with E-state index in [2.05, 4.69) is 24.5 Å². The molecule has 2 aliphatic rings. The first-order valence-electron chi connectivity index (χ1n) is 6.20. The molecule has 0 aromatic carbocycles. The van der Waals surface area contributed by atoms with Gasteiger partial charge in [-0.3, -0.25) is 0 Å². The second-order valence-electron chi connectivity index (χ2n) is 4.87. The lowest BCUT2D eigenvalue weighted by molar-refractivity contribution is 0.402. The zero-order chi connectivity index (χ0) is 10.2. The Kier molecular flexibility index (Phi) is 9.06. The maximum atomic E-state index is 3.32. The fourth-order valence-electron chi connectivity index (χ4n) is 1.93. The van der Waals surface area contributed by atoms with Gasteiger partial charge in [-0.2, -0.15) is 0 Å². The molecular weight excluding hydrogens is 188 g/mol. The minimum atomic E-state index is 0. The molecular formula is C12H28N2O. The van der Waals surface area contributed by atoms with Crippen molar-refractivity contribution in [2.24, 2.45) is 11.8 Å². The van der Waals surface area contributed by atoms with Crippen molar-refractivity contribution in [2.75, 3.05) is 26.2 Å². The van der Waals surface area contributed by atoms with Crippen LogP contribution in [0, 0.1) is 11.8 Å². The average molecular weight is 216 g/mol. The summed E-state index contributed by atoms with van der Waals surface area (Å²) in [5.74, 6) is 1.95. The maximum absolute atomic E-state index is 3.32. The normalized spacial score (nSPS) is 23.6. The first-order chi connectivity index (χ1) is 6.79. The topological polar surface area (TPSA) is 55.6 Å². The van der Waals surface area contributed by atoms with E-state index in [1.165, 1.54) is 51.9 Å². The second kappa shape index (κ2) is 9.13. The van der Waals surface area contributed by atoms with Gasteiger partial charge in [0.15, 0.2) is 0 Å². The molecule has 0 aromatic heterocycles. The summed E-state index contributed by atoms with van der Waals surface area (Å²) in [6.45, 7) is 9.59. The Morgan fingerprint density at radius 2 is 0.933 bits per heavy atom. The highest BCUT2D eigenvalue weighted by molar-refractivity contribution is 4.63. The Labute approximate surface area is 94.3 Å². The molecule has 0 amide bonds. The molecule has 2 saturated heterocycles. The van der Waals surface area contributed by atoms with Gasteiger partial charge in [-0.25, -0.2) is 0 Å². The molecule has 92 valence electrons. The highest BCUT2D eigenvalue weighted by Crippen LogP contribution is 2.08. The monoisotopic (exact) mass is 216 g/mol. The van der Waals surface area contributed by atoms with Crippen LogP contribution in [0.15, 0.2) is 0 Å². The van der Waals surface area contributed by atoms with Crippen LogP contribution in [-0.4, -0.2) is 31.7 Å². The first-order valence-corrected chi connectivity index (χ1v) is 6.20. The smallest absolute Gasteiger partial charge is 0.00464 e. The number of nitrogens with one attached hydrogen (secondary N) is 2. The minimum Gasteiger partial charge on any atom is -0.412 e. The van der Waals surface area contributed by atoms with Crippen LogP contribution >= 0.6 is 0 Å². The third-order valence-corrected chi connectivity index (χ3v) is 3.26. The van der Waals surface area contributed by atoms with Crippen molar-refractivity contribution in [2.45, 2.75) is 39.5 Å². The van der Waals surface area contributed by atoms with Crippen LogP contribution in [0.25, 0.3) is 0 Å². The lowest BCUT2D eigenvalue weighted by atomic mass is 10.0. The summed E-state index contributed by atoms with van der Waals surface area (Å²) >= 11 is 0. The van der Waals surface area contributed by atoms with E-state index in [4.69, 9.17) is 0 Å². The summed E-state index contributed by atoms with van der Waals surface area (Å²) in [6.07, 6.45) is 5.50. The maximum Gasteiger partial charge on any atom is -0.00464 e. The summed E-state index contributed by atoms with van der Waals surface area (Å²) in [4.78, 5) is 0. The molecule has 0 unspecified atom stereocenters. The van der Waals surface area contributed by atoms with Gasteiger partial charge in [0, 0.05) is 0 Å². The van der Waals surface area contributed by atoms with E-state index in [0.29, 0.717) is 0 Å². The lowest BCUT2D eigenvalue weighted by Crippen LogP contribution is -2.26. The van der Waals surface area contributed by atoms with E-state index in [1.807, 2.05) is 0 Å². The molecule has 15 heavy (non-hydrogen) atoms. The van der Waals surface area contributed by atoms with Gasteiger partial charge in [0.25, 0.3) is 0 Å². The van der Waals surface area contributed by atoms with E-state index in [-0.39, 0.29) is 5.48 Å². The second-order valence-corrected chi connectivity index (χ2v) is 4.87. The van der Waals surface area contributed by atoms with Crippen LogP contribution < -0.4 is 10.6 Å². The van der Waals surface area contributed by atoms with Crippen LogP contribution in [0.4, 0.5) is 0 Å². The van der Waals surface area contributed by atoms with Crippen LogP contribution in [0.2, 0.25) is 0 Å². The molecule has 4 N–H and O–H groups in total. The van der Waals surface area contributed by atoms with Crippen molar-refractivity contribution in [1.82, 2.24) is 10.6 Å². The molecule has 3 heteroatoms. The van der Waals surface area contributed by atoms with Crippen molar-refractivity contribution in [3.8, 4) is 0 Å².